The van der Waals surface area contributed by atoms with Gasteiger partial charge in [-0.15, -0.1) is 0 Å². The molecular weight excluding hydrogens is 645 g/mol. The first kappa shape index (κ1) is 29.5. The highest BCUT2D eigenvalue weighted by Crippen LogP contribution is 2.35. The topological polar surface area (TPSA) is 89.2 Å². The van der Waals surface area contributed by atoms with Crippen LogP contribution in [0.1, 0.15) is 21.7 Å². The Labute approximate surface area is 260 Å². The van der Waals surface area contributed by atoms with Crippen molar-refractivity contribution in [3.8, 4) is 17.4 Å². The second kappa shape index (κ2) is 12.9. The van der Waals surface area contributed by atoms with Crippen LogP contribution in [0.5, 0.6) is 17.4 Å². The molecule has 1 atom stereocenters. The molecule has 10 heteroatoms. The van der Waals surface area contributed by atoms with Crippen molar-refractivity contribution in [1.82, 2.24) is 4.90 Å². The van der Waals surface area contributed by atoms with E-state index in [0.717, 1.165) is 21.9 Å². The number of furan rings is 1. The maximum atomic E-state index is 13.0. The predicted octanol–water partition coefficient (Wildman–Crippen LogP) is 8.64. The van der Waals surface area contributed by atoms with Crippen LogP contribution < -0.4 is 9.47 Å². The Morgan fingerprint density at radius 1 is 0.929 bits per heavy atom. The fraction of sp³-hybridized carbons (Fsp3) is 0.125. The van der Waals surface area contributed by atoms with Gasteiger partial charge in [-0.1, -0.05) is 71.7 Å². The molecule has 5 aromatic rings. The van der Waals surface area contributed by atoms with Crippen molar-refractivity contribution in [2.24, 2.45) is 0 Å². The third-order valence-electron chi connectivity index (χ3n) is 6.40. The van der Waals surface area contributed by atoms with Gasteiger partial charge in [0.25, 0.3) is 11.9 Å². The number of aliphatic carboxylic acids is 1. The number of hydrogen-bond donors (Lipinski definition) is 1. The van der Waals surface area contributed by atoms with Crippen LogP contribution in [0, 0.1) is 0 Å². The van der Waals surface area contributed by atoms with Gasteiger partial charge in [-0.3, -0.25) is 4.79 Å². The van der Waals surface area contributed by atoms with Crippen molar-refractivity contribution in [3.63, 3.8) is 0 Å². The number of amides is 1. The molecule has 0 saturated carbocycles. The third kappa shape index (κ3) is 7.07. The minimum atomic E-state index is -1.05. The number of nitrogens with zero attached hydrogens (tertiary/aromatic N) is 1. The molecule has 42 heavy (non-hydrogen) atoms. The molecule has 1 amide bonds. The van der Waals surface area contributed by atoms with E-state index in [4.69, 9.17) is 37.1 Å². The van der Waals surface area contributed by atoms with Crippen LogP contribution in [-0.2, 0) is 17.8 Å². The first-order valence-electron chi connectivity index (χ1n) is 12.8. The molecule has 4 aromatic carbocycles. The van der Waals surface area contributed by atoms with Gasteiger partial charge in [0.15, 0.2) is 11.9 Å². The Kier molecular flexibility index (Phi) is 9.06. The Hall–Kier alpha value is -3.98. The smallest absolute Gasteiger partial charge is 0.345 e. The molecule has 0 spiro atoms. The summed E-state index contributed by atoms with van der Waals surface area (Å²) in [7, 11) is 1.68. The Morgan fingerprint density at radius 3 is 2.38 bits per heavy atom. The van der Waals surface area contributed by atoms with Crippen molar-refractivity contribution in [1.29, 1.82) is 0 Å². The molecule has 7 nitrogen and oxygen atoms in total. The van der Waals surface area contributed by atoms with Crippen molar-refractivity contribution >= 4 is 61.8 Å². The van der Waals surface area contributed by atoms with E-state index in [-0.39, 0.29) is 24.0 Å². The van der Waals surface area contributed by atoms with Gasteiger partial charge in [0.05, 0.1) is 4.47 Å². The van der Waals surface area contributed by atoms with E-state index >= 15 is 0 Å². The van der Waals surface area contributed by atoms with Crippen LogP contribution in [0.2, 0.25) is 10.0 Å². The monoisotopic (exact) mass is 667 g/mol. The van der Waals surface area contributed by atoms with Gasteiger partial charge >= 0.3 is 5.97 Å². The molecule has 1 aromatic heterocycles. The molecule has 0 radical (unpaired) electrons. The first-order chi connectivity index (χ1) is 20.2. The number of hydrogen-bond acceptors (Lipinski definition) is 5. The summed E-state index contributed by atoms with van der Waals surface area (Å²) in [6.45, 7) is 0.323. The molecule has 0 saturated heterocycles. The second-order valence-electron chi connectivity index (χ2n) is 9.55. The van der Waals surface area contributed by atoms with Crippen LogP contribution in [-0.4, -0.2) is 35.0 Å². The average molecular weight is 669 g/mol. The molecule has 214 valence electrons. The largest absolute Gasteiger partial charge is 0.478 e. The molecule has 1 heterocycles. The summed E-state index contributed by atoms with van der Waals surface area (Å²) >= 11 is 15.6. The van der Waals surface area contributed by atoms with Gasteiger partial charge < -0.3 is 23.9 Å². The highest BCUT2D eigenvalue weighted by Gasteiger charge is 2.22. The maximum Gasteiger partial charge on any atom is 0.345 e. The van der Waals surface area contributed by atoms with Crippen LogP contribution >= 0.6 is 39.1 Å². The van der Waals surface area contributed by atoms with Crippen molar-refractivity contribution in [2.45, 2.75) is 19.1 Å². The number of halogens is 3. The zero-order valence-corrected chi connectivity index (χ0v) is 25.3. The minimum Gasteiger partial charge on any atom is -0.478 e. The summed E-state index contributed by atoms with van der Waals surface area (Å²) in [4.78, 5) is 26.5. The van der Waals surface area contributed by atoms with Gasteiger partial charge in [0.1, 0.15) is 11.5 Å². The highest BCUT2D eigenvalue weighted by molar-refractivity contribution is 9.10. The molecule has 1 unspecified atom stereocenters. The number of carboxylic acids is 1. The van der Waals surface area contributed by atoms with Gasteiger partial charge in [0, 0.05) is 36.1 Å². The van der Waals surface area contributed by atoms with E-state index in [9.17, 15) is 14.7 Å². The molecular formula is C32H24BrCl2NO6. The molecule has 0 aliphatic rings. The van der Waals surface area contributed by atoms with Gasteiger partial charge in [-0.25, -0.2) is 4.79 Å². The van der Waals surface area contributed by atoms with E-state index in [2.05, 4.69) is 15.9 Å². The lowest BCUT2D eigenvalue weighted by Crippen LogP contribution is -2.29. The lowest BCUT2D eigenvalue weighted by molar-refractivity contribution is -0.145. The summed E-state index contributed by atoms with van der Waals surface area (Å²) < 4.78 is 17.8. The van der Waals surface area contributed by atoms with Gasteiger partial charge in [0.2, 0.25) is 0 Å². The average Bonchev–Trinajstić information content (AvgIpc) is 3.41. The number of benzene rings is 4. The summed E-state index contributed by atoms with van der Waals surface area (Å²) in [6, 6.07) is 26.6. The van der Waals surface area contributed by atoms with Crippen molar-refractivity contribution in [3.05, 3.63) is 122 Å². The molecule has 0 aliphatic carbocycles. The fourth-order valence-electron chi connectivity index (χ4n) is 4.40. The van der Waals surface area contributed by atoms with E-state index in [0.29, 0.717) is 32.6 Å². The number of fused-ring (bicyclic) bond motifs is 1. The van der Waals surface area contributed by atoms with Crippen LogP contribution in [0.3, 0.4) is 0 Å². The Bertz CT molecular complexity index is 1740. The SMILES string of the molecule is CN(Cc1ccc2c(Br)c(OC(Cc3ccccc3)C(=O)O)ccc2c1)C(=O)c1ccc(Oc2cc(Cl)cc(Cl)c2)o1. The van der Waals surface area contributed by atoms with Crippen LogP contribution in [0.15, 0.2) is 99.9 Å². The molecule has 1 N–H and O–H groups in total. The number of ether oxygens (including phenoxy) is 2. The highest BCUT2D eigenvalue weighted by atomic mass is 79.9. The molecule has 0 fully saturated rings. The van der Waals surface area contributed by atoms with Gasteiger partial charge in [-0.2, -0.15) is 0 Å². The number of carbonyl (C=O) groups excluding carboxylic acids is 1. The zero-order chi connectivity index (χ0) is 29.8. The summed E-state index contributed by atoms with van der Waals surface area (Å²) in [5, 5.41) is 12.3. The zero-order valence-electron chi connectivity index (χ0n) is 22.2. The number of rotatable bonds is 10. The van der Waals surface area contributed by atoms with Crippen molar-refractivity contribution < 1.29 is 28.6 Å². The third-order valence-corrected chi connectivity index (χ3v) is 7.66. The van der Waals surface area contributed by atoms with Crippen LogP contribution in [0.25, 0.3) is 10.8 Å². The fourth-order valence-corrected chi connectivity index (χ4v) is 5.49. The van der Waals surface area contributed by atoms with Gasteiger partial charge in [-0.05, 0) is 74.2 Å². The lowest BCUT2D eigenvalue weighted by Gasteiger charge is -2.18. The first-order valence-corrected chi connectivity index (χ1v) is 14.3. The molecule has 0 bridgehead atoms. The summed E-state index contributed by atoms with van der Waals surface area (Å²) in [5.74, 6) is -0.293. The minimum absolute atomic E-state index is 0.120. The predicted molar refractivity (Wildman–Crippen MR) is 165 cm³/mol. The van der Waals surface area contributed by atoms with Crippen LogP contribution in [0.4, 0.5) is 0 Å². The standard InChI is InChI=1S/C32H24BrCl2NO6/c1-36(31(37)27-11-12-29(42-27)40-24-16-22(34)15-23(35)17-24)18-20-7-9-25-21(13-20)8-10-26(30(25)33)41-28(32(38)39)14-19-5-3-2-4-6-19/h2-13,15-17,28H,14,18H2,1H3,(H,38,39). The maximum absolute atomic E-state index is 13.0. The Morgan fingerprint density at radius 2 is 1.67 bits per heavy atom. The second-order valence-corrected chi connectivity index (χ2v) is 11.2. The lowest BCUT2D eigenvalue weighted by atomic mass is 10.1. The molecule has 5 rings (SSSR count). The number of carboxylic acid groups (broad SMARTS) is 1. The van der Waals surface area contributed by atoms with Crippen molar-refractivity contribution in [2.75, 3.05) is 7.05 Å². The van der Waals surface area contributed by atoms with E-state index in [1.54, 1.807) is 43.4 Å². The quantitative estimate of drug-likeness (QED) is 0.160. The molecule has 0 aliphatic heterocycles. The number of carbonyl (C=O) groups is 2. The van der Waals surface area contributed by atoms with E-state index in [1.165, 1.54) is 4.90 Å². The summed E-state index contributed by atoms with van der Waals surface area (Å²) in [6.07, 6.45) is -0.811. The Balaban J connectivity index is 1.26. The van der Waals surface area contributed by atoms with E-state index < -0.39 is 12.1 Å². The normalized spacial score (nSPS) is 11.7. The van der Waals surface area contributed by atoms with E-state index in [1.807, 2.05) is 54.6 Å². The summed E-state index contributed by atoms with van der Waals surface area (Å²) in [5.41, 5.74) is 1.76.